The number of amidine groups is 1. The first kappa shape index (κ1) is 33.7. The molecule has 2 amide bonds. The average Bonchev–Trinajstić information content (AvgIpc) is 3.00. The molecule has 3 rings (SSSR count). The Balaban J connectivity index is 1.94. The smallest absolute Gasteiger partial charge is 0.336 e. The lowest BCUT2D eigenvalue weighted by Gasteiger charge is -2.31. The number of pyridine rings is 1. The molecule has 0 saturated carbocycles. The van der Waals surface area contributed by atoms with E-state index in [4.69, 9.17) is 20.1 Å². The van der Waals surface area contributed by atoms with Gasteiger partial charge in [-0.3, -0.25) is 19.2 Å². The topological polar surface area (TPSA) is 211 Å². The number of anilines is 1. The molecule has 1 aromatic heterocycles. The van der Waals surface area contributed by atoms with Gasteiger partial charge in [0, 0.05) is 40.4 Å². The molecule has 6 N–H and O–H groups in total. The summed E-state index contributed by atoms with van der Waals surface area (Å²) in [7, 11) is -2.31. The van der Waals surface area contributed by atoms with Crippen molar-refractivity contribution >= 4 is 39.4 Å². The molecular weight excluding hydrogens is 590 g/mol. The molecule has 0 bridgehead atoms. The quantitative estimate of drug-likeness (QED) is 0.0999. The number of carboxylic acid groups (broad SMARTS) is 1. The van der Waals surface area contributed by atoms with Crippen LogP contribution in [0.2, 0.25) is 0 Å². The lowest BCUT2D eigenvalue weighted by atomic mass is 9.83. The Morgan fingerprint density at radius 1 is 0.977 bits per heavy atom. The highest BCUT2D eigenvalue weighted by atomic mass is 32.2. The highest BCUT2D eigenvalue weighted by Gasteiger charge is 2.30. The summed E-state index contributed by atoms with van der Waals surface area (Å²) < 4.78 is 33.3. The van der Waals surface area contributed by atoms with Gasteiger partial charge in [0.25, 0.3) is 21.9 Å². The average molecular weight is 626 g/mol. The van der Waals surface area contributed by atoms with E-state index in [9.17, 15) is 27.9 Å². The number of hydrogen-bond acceptors (Lipinski definition) is 9. The monoisotopic (exact) mass is 625 g/mol. The van der Waals surface area contributed by atoms with Crippen molar-refractivity contribution in [3.05, 3.63) is 77.0 Å². The van der Waals surface area contributed by atoms with Gasteiger partial charge >= 0.3 is 5.97 Å². The minimum absolute atomic E-state index is 0.0503. The van der Waals surface area contributed by atoms with Crippen molar-refractivity contribution in [1.82, 2.24) is 10.3 Å². The summed E-state index contributed by atoms with van der Waals surface area (Å²) in [5.74, 6) is -2.57. The van der Waals surface area contributed by atoms with Gasteiger partial charge < -0.3 is 26.2 Å². The summed E-state index contributed by atoms with van der Waals surface area (Å²) in [6.07, 6.45) is 2.00. The van der Waals surface area contributed by atoms with Crippen LogP contribution in [0, 0.1) is 10.8 Å². The van der Waals surface area contributed by atoms with Crippen LogP contribution in [-0.2, 0) is 14.3 Å². The molecule has 1 heterocycles. The standard InChI is InChI=1S/C30H35N5O8S/c1-5-30(6-2,17-43-44(4,40)41)16-33-27(36)19-9-12-21(23(15-19)29(38)39)22-13-14-24(42-3)35-25(22)28(37)34-20-10-7-18(8-11-20)26(31)32/h7-15H,5-6,16-17H2,1-4H3,(H3,31,32)(H,33,36)(H,34,37)(H,38,39). The number of nitrogen functional groups attached to an aromatic ring is 1. The van der Waals surface area contributed by atoms with Gasteiger partial charge in [0.05, 0.1) is 25.5 Å². The molecular formula is C30H35N5O8S. The minimum atomic E-state index is -3.68. The zero-order chi connectivity index (χ0) is 32.7. The molecule has 0 aliphatic heterocycles. The van der Waals surface area contributed by atoms with E-state index in [-0.39, 0.29) is 52.8 Å². The Morgan fingerprint density at radius 2 is 1.59 bits per heavy atom. The number of amides is 2. The first-order chi connectivity index (χ1) is 20.7. The Kier molecular flexibility index (Phi) is 10.8. The zero-order valence-corrected chi connectivity index (χ0v) is 25.6. The molecule has 14 heteroatoms. The third-order valence-electron chi connectivity index (χ3n) is 7.25. The summed E-state index contributed by atoms with van der Waals surface area (Å²) >= 11 is 0. The first-order valence-electron chi connectivity index (χ1n) is 13.5. The fourth-order valence-corrected chi connectivity index (χ4v) is 4.79. The van der Waals surface area contributed by atoms with E-state index < -0.39 is 33.3 Å². The molecule has 0 fully saturated rings. The number of nitrogens with two attached hydrogens (primary N) is 1. The van der Waals surface area contributed by atoms with Gasteiger partial charge in [0.1, 0.15) is 11.5 Å². The van der Waals surface area contributed by atoms with E-state index in [1.54, 1.807) is 24.3 Å². The minimum Gasteiger partial charge on any atom is -0.481 e. The van der Waals surface area contributed by atoms with Crippen molar-refractivity contribution in [2.75, 3.05) is 31.8 Å². The second-order valence-electron chi connectivity index (χ2n) is 10.1. The number of carbonyl (C=O) groups excluding carboxylic acids is 2. The van der Waals surface area contributed by atoms with Crippen molar-refractivity contribution in [3.8, 4) is 17.0 Å². The normalized spacial score (nSPS) is 11.5. The van der Waals surface area contributed by atoms with E-state index in [1.807, 2.05) is 13.8 Å². The third-order valence-corrected chi connectivity index (χ3v) is 7.80. The number of nitrogens with one attached hydrogen (secondary N) is 3. The number of carboxylic acids is 1. The van der Waals surface area contributed by atoms with E-state index in [2.05, 4.69) is 15.6 Å². The number of carbonyl (C=O) groups is 3. The summed E-state index contributed by atoms with van der Waals surface area (Å²) in [6, 6.07) is 13.3. The van der Waals surface area contributed by atoms with E-state index >= 15 is 0 Å². The molecule has 13 nitrogen and oxygen atoms in total. The Hall–Kier alpha value is -4.82. The lowest BCUT2D eigenvalue weighted by Crippen LogP contribution is -2.40. The van der Waals surface area contributed by atoms with Gasteiger partial charge in [0.15, 0.2) is 0 Å². The molecule has 2 aromatic carbocycles. The summed E-state index contributed by atoms with van der Waals surface area (Å²) in [5, 5.41) is 23.1. The number of hydrogen-bond donors (Lipinski definition) is 5. The van der Waals surface area contributed by atoms with Gasteiger partial charge in [-0.1, -0.05) is 19.9 Å². The lowest BCUT2D eigenvalue weighted by molar-refractivity contribution is 0.0697. The fraction of sp³-hybridized carbons (Fsp3) is 0.300. The zero-order valence-electron chi connectivity index (χ0n) is 24.8. The van der Waals surface area contributed by atoms with Crippen molar-refractivity contribution in [3.63, 3.8) is 0 Å². The van der Waals surface area contributed by atoms with E-state index in [0.717, 1.165) is 6.26 Å². The number of ether oxygens (including phenoxy) is 1. The molecule has 3 aromatic rings. The molecule has 0 spiro atoms. The van der Waals surface area contributed by atoms with Crippen LogP contribution >= 0.6 is 0 Å². The summed E-state index contributed by atoms with van der Waals surface area (Å²) in [6.45, 7) is 3.69. The molecule has 0 atom stereocenters. The molecule has 0 radical (unpaired) electrons. The van der Waals surface area contributed by atoms with Crippen LogP contribution in [0.1, 0.15) is 63.5 Å². The highest BCUT2D eigenvalue weighted by molar-refractivity contribution is 7.85. The number of aromatic nitrogens is 1. The Morgan fingerprint density at radius 3 is 2.14 bits per heavy atom. The molecule has 0 unspecified atom stereocenters. The molecule has 234 valence electrons. The molecule has 0 aliphatic rings. The van der Waals surface area contributed by atoms with Gasteiger partial charge in [0.2, 0.25) is 5.88 Å². The predicted octanol–water partition coefficient (Wildman–Crippen LogP) is 3.50. The highest BCUT2D eigenvalue weighted by Crippen LogP contribution is 2.31. The van der Waals surface area contributed by atoms with Crippen LogP contribution < -0.4 is 21.1 Å². The number of methoxy groups -OCH3 is 1. The van der Waals surface area contributed by atoms with E-state index in [0.29, 0.717) is 24.1 Å². The third kappa shape index (κ3) is 8.39. The second-order valence-corrected chi connectivity index (χ2v) is 11.8. The van der Waals surface area contributed by atoms with E-state index in [1.165, 1.54) is 37.4 Å². The second kappa shape index (κ2) is 14.1. The summed E-state index contributed by atoms with van der Waals surface area (Å²) in [5.41, 5.74) is 5.69. The van der Waals surface area contributed by atoms with Crippen LogP contribution in [0.5, 0.6) is 5.88 Å². The number of rotatable bonds is 14. The SMILES string of the molecule is CCC(CC)(CNC(=O)c1ccc(-c2ccc(OC)nc2C(=O)Nc2ccc(C(=N)N)cc2)c(C(=O)O)c1)COS(C)(=O)=O. The van der Waals surface area contributed by atoms with Gasteiger partial charge in [-0.25, -0.2) is 9.78 Å². The Bertz CT molecular complexity index is 1670. The van der Waals surface area contributed by atoms with Crippen LogP contribution in [0.15, 0.2) is 54.6 Å². The van der Waals surface area contributed by atoms with Crippen LogP contribution in [0.25, 0.3) is 11.1 Å². The van der Waals surface area contributed by atoms with Gasteiger partial charge in [-0.05, 0) is 60.9 Å². The van der Waals surface area contributed by atoms with Crippen molar-refractivity contribution in [1.29, 1.82) is 5.41 Å². The fourth-order valence-electron chi connectivity index (χ4n) is 4.32. The summed E-state index contributed by atoms with van der Waals surface area (Å²) in [4.78, 5) is 43.1. The Labute approximate surface area is 255 Å². The van der Waals surface area contributed by atoms with Crippen LogP contribution in [0.3, 0.4) is 0 Å². The number of benzene rings is 2. The molecule has 44 heavy (non-hydrogen) atoms. The van der Waals surface area contributed by atoms with Crippen molar-refractivity contribution < 1.29 is 36.8 Å². The van der Waals surface area contributed by atoms with Crippen LogP contribution in [0.4, 0.5) is 5.69 Å². The first-order valence-corrected chi connectivity index (χ1v) is 15.3. The number of nitrogens with zero attached hydrogens (tertiary/aromatic N) is 1. The maximum Gasteiger partial charge on any atom is 0.336 e. The largest absolute Gasteiger partial charge is 0.481 e. The predicted molar refractivity (Wildman–Crippen MR) is 165 cm³/mol. The van der Waals surface area contributed by atoms with Crippen molar-refractivity contribution in [2.45, 2.75) is 26.7 Å². The number of aromatic carboxylic acids is 1. The van der Waals surface area contributed by atoms with Gasteiger partial charge in [-0.15, -0.1) is 0 Å². The molecule has 0 saturated heterocycles. The maximum atomic E-state index is 13.3. The molecule has 0 aliphatic carbocycles. The van der Waals surface area contributed by atoms with Gasteiger partial charge in [-0.2, -0.15) is 8.42 Å². The maximum absolute atomic E-state index is 13.3. The van der Waals surface area contributed by atoms with Crippen molar-refractivity contribution in [2.24, 2.45) is 11.1 Å². The van der Waals surface area contributed by atoms with Crippen LogP contribution in [-0.4, -0.2) is 68.6 Å².